The van der Waals surface area contributed by atoms with E-state index in [0.717, 1.165) is 39.0 Å². The van der Waals surface area contributed by atoms with Gasteiger partial charge in [0.1, 0.15) is 5.82 Å². The van der Waals surface area contributed by atoms with E-state index < -0.39 is 0 Å². The van der Waals surface area contributed by atoms with Gasteiger partial charge in [-0.1, -0.05) is 23.7 Å². The van der Waals surface area contributed by atoms with Gasteiger partial charge < -0.3 is 15.1 Å². The lowest BCUT2D eigenvalue weighted by atomic mass is 10.1. The Kier molecular flexibility index (Phi) is 6.82. The molecular formula is C22H27ClN4OS. The van der Waals surface area contributed by atoms with Crippen molar-refractivity contribution in [2.75, 3.05) is 47.9 Å². The highest BCUT2D eigenvalue weighted by Gasteiger charge is 2.19. The molecule has 0 radical (unpaired) electrons. The van der Waals surface area contributed by atoms with Gasteiger partial charge in [-0.05, 0) is 43.0 Å². The summed E-state index contributed by atoms with van der Waals surface area (Å²) in [5, 5.41) is 3.77. The number of thioether (sulfide) groups is 1. The van der Waals surface area contributed by atoms with E-state index in [1.807, 2.05) is 16.7 Å². The number of piperidine rings is 1. The van der Waals surface area contributed by atoms with Crippen LogP contribution in [0, 0.1) is 0 Å². The molecule has 7 heteroatoms. The first kappa shape index (κ1) is 20.4. The van der Waals surface area contributed by atoms with Crippen LogP contribution in [0.25, 0.3) is 0 Å². The number of nitrogens with one attached hydrogen (secondary N) is 1. The van der Waals surface area contributed by atoms with Crippen LogP contribution in [0.5, 0.6) is 0 Å². The highest BCUT2D eigenvalue weighted by Crippen LogP contribution is 2.24. The van der Waals surface area contributed by atoms with Crippen LogP contribution in [0.4, 0.5) is 11.5 Å². The molecule has 2 fully saturated rings. The summed E-state index contributed by atoms with van der Waals surface area (Å²) in [5.74, 6) is 3.03. The van der Waals surface area contributed by atoms with Crippen LogP contribution >= 0.6 is 23.4 Å². The predicted molar refractivity (Wildman–Crippen MR) is 122 cm³/mol. The summed E-state index contributed by atoms with van der Waals surface area (Å²) >= 11 is 8.42. The van der Waals surface area contributed by atoms with E-state index in [0.29, 0.717) is 22.9 Å². The number of hydrogen-bond donors (Lipinski definition) is 1. The van der Waals surface area contributed by atoms with Gasteiger partial charge in [0.2, 0.25) is 0 Å². The first-order chi connectivity index (χ1) is 14.2. The normalized spacial score (nSPS) is 17.3. The maximum absolute atomic E-state index is 12.6. The van der Waals surface area contributed by atoms with Crippen molar-refractivity contribution in [3.63, 3.8) is 0 Å². The highest BCUT2D eigenvalue weighted by atomic mass is 35.5. The number of rotatable bonds is 5. The fraction of sp³-hybridized carbons (Fsp3) is 0.455. The van der Waals surface area contributed by atoms with Crippen molar-refractivity contribution in [2.45, 2.75) is 25.8 Å². The van der Waals surface area contributed by atoms with E-state index in [9.17, 15) is 4.79 Å². The second kappa shape index (κ2) is 9.72. The summed E-state index contributed by atoms with van der Waals surface area (Å²) < 4.78 is 0. The molecule has 2 aliphatic rings. The zero-order valence-electron chi connectivity index (χ0n) is 16.6. The molecule has 1 aromatic carbocycles. The largest absolute Gasteiger partial charge is 0.370 e. The standard InChI is InChI=1S/C22H27ClN4OS/c23-20-14-18(22(28)27-8-2-1-3-9-27)16-25-21(20)24-15-17-4-6-19(7-5-17)26-10-12-29-13-11-26/h4-7,14,16H,1-3,8-13,15H2,(H,24,25). The number of pyridine rings is 1. The second-order valence-corrected chi connectivity index (χ2v) is 9.16. The fourth-order valence-electron chi connectivity index (χ4n) is 3.80. The Morgan fingerprint density at radius 2 is 1.79 bits per heavy atom. The molecule has 5 nitrogen and oxygen atoms in total. The average molecular weight is 431 g/mol. The number of halogens is 1. The van der Waals surface area contributed by atoms with E-state index in [4.69, 9.17) is 11.6 Å². The molecule has 4 rings (SSSR count). The Morgan fingerprint density at radius 1 is 1.07 bits per heavy atom. The maximum atomic E-state index is 12.6. The van der Waals surface area contributed by atoms with Gasteiger partial charge in [-0.3, -0.25) is 4.79 Å². The molecule has 0 spiro atoms. The Labute approximate surface area is 181 Å². The highest BCUT2D eigenvalue weighted by molar-refractivity contribution is 7.99. The second-order valence-electron chi connectivity index (χ2n) is 7.53. The summed E-state index contributed by atoms with van der Waals surface area (Å²) in [4.78, 5) is 21.3. The number of amides is 1. The molecule has 0 aliphatic carbocycles. The average Bonchev–Trinajstić information content (AvgIpc) is 2.79. The van der Waals surface area contributed by atoms with Crippen LogP contribution in [-0.2, 0) is 6.54 Å². The van der Waals surface area contributed by atoms with Gasteiger partial charge in [0.25, 0.3) is 5.91 Å². The van der Waals surface area contributed by atoms with Crippen LogP contribution in [0.2, 0.25) is 5.02 Å². The summed E-state index contributed by atoms with van der Waals surface area (Å²) in [6, 6.07) is 10.4. The van der Waals surface area contributed by atoms with Crippen LogP contribution in [-0.4, -0.2) is 53.5 Å². The minimum atomic E-state index is 0.0253. The van der Waals surface area contributed by atoms with E-state index in [1.54, 1.807) is 12.3 Å². The number of hydrogen-bond acceptors (Lipinski definition) is 5. The number of carbonyl (C=O) groups is 1. The monoisotopic (exact) mass is 430 g/mol. The Bertz CT molecular complexity index is 833. The number of likely N-dealkylation sites (tertiary alicyclic amines) is 1. The van der Waals surface area contributed by atoms with Gasteiger partial charge in [-0.15, -0.1) is 0 Å². The molecule has 0 bridgehead atoms. The summed E-state index contributed by atoms with van der Waals surface area (Å²) in [6.07, 6.45) is 4.97. The zero-order valence-corrected chi connectivity index (χ0v) is 18.1. The minimum Gasteiger partial charge on any atom is -0.370 e. The number of anilines is 2. The van der Waals surface area contributed by atoms with Crippen LogP contribution in [0.15, 0.2) is 36.5 Å². The Balaban J connectivity index is 1.35. The van der Waals surface area contributed by atoms with E-state index >= 15 is 0 Å². The maximum Gasteiger partial charge on any atom is 0.255 e. The van der Waals surface area contributed by atoms with Crippen LogP contribution in [0.1, 0.15) is 35.2 Å². The smallest absolute Gasteiger partial charge is 0.255 e. The zero-order chi connectivity index (χ0) is 20.1. The van der Waals surface area contributed by atoms with Crippen molar-refractivity contribution < 1.29 is 4.79 Å². The topological polar surface area (TPSA) is 48.5 Å². The van der Waals surface area contributed by atoms with Crippen molar-refractivity contribution >= 4 is 40.8 Å². The first-order valence-corrected chi connectivity index (χ1v) is 11.8. The van der Waals surface area contributed by atoms with Gasteiger partial charge >= 0.3 is 0 Å². The number of nitrogens with zero attached hydrogens (tertiary/aromatic N) is 3. The molecule has 1 amide bonds. The van der Waals surface area contributed by atoms with Crippen LogP contribution < -0.4 is 10.2 Å². The minimum absolute atomic E-state index is 0.0253. The van der Waals surface area contributed by atoms with Crippen molar-refractivity contribution in [3.05, 3.63) is 52.7 Å². The van der Waals surface area contributed by atoms with E-state index in [1.165, 1.54) is 29.2 Å². The third-order valence-corrected chi connectivity index (χ3v) is 6.73. The number of carbonyl (C=O) groups excluding carboxylic acids is 1. The first-order valence-electron chi connectivity index (χ1n) is 10.3. The molecule has 2 aliphatic heterocycles. The number of aromatic nitrogens is 1. The quantitative estimate of drug-likeness (QED) is 0.755. The van der Waals surface area contributed by atoms with Gasteiger partial charge in [0, 0.05) is 56.1 Å². The molecule has 29 heavy (non-hydrogen) atoms. The van der Waals surface area contributed by atoms with Gasteiger partial charge in [-0.2, -0.15) is 11.8 Å². The van der Waals surface area contributed by atoms with Gasteiger partial charge in [0.05, 0.1) is 10.6 Å². The Morgan fingerprint density at radius 3 is 2.48 bits per heavy atom. The molecule has 0 atom stereocenters. The molecule has 2 saturated heterocycles. The molecule has 2 aromatic rings. The van der Waals surface area contributed by atoms with E-state index in [2.05, 4.69) is 39.5 Å². The van der Waals surface area contributed by atoms with Crippen molar-refractivity contribution in [1.82, 2.24) is 9.88 Å². The van der Waals surface area contributed by atoms with Crippen molar-refractivity contribution in [1.29, 1.82) is 0 Å². The molecule has 154 valence electrons. The molecule has 0 unspecified atom stereocenters. The van der Waals surface area contributed by atoms with E-state index in [-0.39, 0.29) is 5.91 Å². The fourth-order valence-corrected chi connectivity index (χ4v) is 4.93. The summed E-state index contributed by atoms with van der Waals surface area (Å²) in [7, 11) is 0. The predicted octanol–water partition coefficient (Wildman–Crippen LogP) is 4.53. The SMILES string of the molecule is O=C(c1cnc(NCc2ccc(N3CCSCC3)cc2)c(Cl)c1)N1CCCCC1. The van der Waals surface area contributed by atoms with Crippen molar-refractivity contribution in [2.24, 2.45) is 0 Å². The molecule has 1 aromatic heterocycles. The van der Waals surface area contributed by atoms with Gasteiger partial charge in [-0.25, -0.2) is 4.98 Å². The molecule has 3 heterocycles. The van der Waals surface area contributed by atoms with Gasteiger partial charge in [0.15, 0.2) is 0 Å². The lowest BCUT2D eigenvalue weighted by Crippen LogP contribution is -2.35. The van der Waals surface area contributed by atoms with Crippen LogP contribution in [0.3, 0.4) is 0 Å². The Hall–Kier alpha value is -1.92. The lowest BCUT2D eigenvalue weighted by Gasteiger charge is -2.28. The molecular weight excluding hydrogens is 404 g/mol. The summed E-state index contributed by atoms with van der Waals surface area (Å²) in [6.45, 7) is 4.52. The number of benzene rings is 1. The summed E-state index contributed by atoms with van der Waals surface area (Å²) in [5.41, 5.74) is 3.02. The lowest BCUT2D eigenvalue weighted by molar-refractivity contribution is 0.0724. The van der Waals surface area contributed by atoms with Crippen molar-refractivity contribution in [3.8, 4) is 0 Å². The third kappa shape index (κ3) is 5.17. The third-order valence-electron chi connectivity index (χ3n) is 5.50. The molecule has 0 saturated carbocycles. The molecule has 1 N–H and O–H groups in total.